The molecule has 0 saturated heterocycles. The number of amides is 1. The molecule has 2 fully saturated rings. The Bertz CT molecular complexity index is 792. The van der Waals surface area contributed by atoms with Gasteiger partial charge in [0.25, 0.3) is 0 Å². The van der Waals surface area contributed by atoms with E-state index in [1.165, 1.54) is 6.07 Å². The summed E-state index contributed by atoms with van der Waals surface area (Å²) in [5, 5.41) is 11.5. The molecule has 24 heavy (non-hydrogen) atoms. The van der Waals surface area contributed by atoms with Crippen LogP contribution in [0.4, 0.5) is 13.6 Å². The fraction of sp³-hybridized carbons (Fsp3) is 0.412. The van der Waals surface area contributed by atoms with Gasteiger partial charge in [-0.25, -0.2) is 18.6 Å². The first-order valence-corrected chi connectivity index (χ1v) is 7.99. The maximum absolute atomic E-state index is 13.4. The molecular weight excluding hydrogens is 316 g/mol. The summed E-state index contributed by atoms with van der Waals surface area (Å²) in [5.41, 5.74) is 1.15. The van der Waals surface area contributed by atoms with Gasteiger partial charge in [-0.2, -0.15) is 0 Å². The molecule has 0 unspecified atom stereocenters. The van der Waals surface area contributed by atoms with Gasteiger partial charge in [0, 0.05) is 23.8 Å². The molecule has 2 N–H and O–H groups in total. The van der Waals surface area contributed by atoms with Gasteiger partial charge in [0.1, 0.15) is 0 Å². The minimum absolute atomic E-state index is 0.0398. The van der Waals surface area contributed by atoms with Crippen molar-refractivity contribution in [2.45, 2.75) is 31.3 Å². The Labute approximate surface area is 137 Å². The Morgan fingerprint density at radius 2 is 2.04 bits per heavy atom. The van der Waals surface area contributed by atoms with Crippen LogP contribution in [-0.2, 0) is 0 Å². The lowest BCUT2D eigenvalue weighted by atomic mass is 9.91. The van der Waals surface area contributed by atoms with Crippen LogP contribution >= 0.6 is 0 Å². The summed E-state index contributed by atoms with van der Waals surface area (Å²) < 4.78 is 28.4. The van der Waals surface area contributed by atoms with Crippen molar-refractivity contribution in [3.8, 4) is 11.3 Å². The zero-order valence-corrected chi connectivity index (χ0v) is 12.8. The maximum Gasteiger partial charge on any atom is 0.404 e. The number of rotatable bonds is 3. The van der Waals surface area contributed by atoms with Crippen LogP contribution in [0.25, 0.3) is 11.3 Å². The van der Waals surface area contributed by atoms with Crippen LogP contribution < -0.4 is 5.32 Å². The summed E-state index contributed by atoms with van der Waals surface area (Å²) >= 11 is 0. The molecule has 2 bridgehead atoms. The van der Waals surface area contributed by atoms with E-state index < -0.39 is 17.7 Å². The molecule has 126 valence electrons. The van der Waals surface area contributed by atoms with E-state index in [1.54, 1.807) is 6.33 Å². The van der Waals surface area contributed by atoms with Gasteiger partial charge in [-0.15, -0.1) is 0 Å². The Balaban J connectivity index is 1.51. The van der Waals surface area contributed by atoms with Gasteiger partial charge in [-0.05, 0) is 49.3 Å². The Morgan fingerprint density at radius 1 is 1.21 bits per heavy atom. The topological polar surface area (TPSA) is 67.2 Å². The molecule has 5 nitrogen and oxygen atoms in total. The molecule has 2 saturated carbocycles. The fourth-order valence-electron chi connectivity index (χ4n) is 4.27. The van der Waals surface area contributed by atoms with Gasteiger partial charge in [-0.1, -0.05) is 0 Å². The lowest BCUT2D eigenvalue weighted by Gasteiger charge is -2.28. The zero-order valence-electron chi connectivity index (χ0n) is 12.8. The van der Waals surface area contributed by atoms with Crippen molar-refractivity contribution >= 4 is 6.09 Å². The lowest BCUT2D eigenvalue weighted by Crippen LogP contribution is -2.39. The molecule has 4 rings (SSSR count). The van der Waals surface area contributed by atoms with Gasteiger partial charge in [0.15, 0.2) is 11.6 Å². The van der Waals surface area contributed by atoms with Gasteiger partial charge in [-0.3, -0.25) is 0 Å². The quantitative estimate of drug-likeness (QED) is 0.904. The normalized spacial score (nSPS) is 28.2. The molecule has 2 aliphatic carbocycles. The third kappa shape index (κ3) is 2.53. The minimum Gasteiger partial charge on any atom is -0.465 e. The largest absolute Gasteiger partial charge is 0.465 e. The second-order valence-corrected chi connectivity index (χ2v) is 6.69. The SMILES string of the molecule is O=C(O)N[C@H]1C[C@H]2C[C@@H]1C[C@@H]2n1cnc(-c2ccc(F)c(F)c2)c1. The monoisotopic (exact) mass is 333 g/mol. The average molecular weight is 333 g/mol. The van der Waals surface area contributed by atoms with Crippen LogP contribution in [0.3, 0.4) is 0 Å². The van der Waals surface area contributed by atoms with Gasteiger partial charge in [0.2, 0.25) is 0 Å². The van der Waals surface area contributed by atoms with E-state index in [0.29, 0.717) is 23.1 Å². The Hall–Kier alpha value is -2.44. The number of nitrogens with zero attached hydrogens (tertiary/aromatic N) is 2. The molecular formula is C17H17F2N3O2. The predicted molar refractivity (Wildman–Crippen MR) is 82.4 cm³/mol. The Morgan fingerprint density at radius 3 is 2.71 bits per heavy atom. The van der Waals surface area contributed by atoms with E-state index in [-0.39, 0.29) is 12.1 Å². The number of carboxylic acid groups (broad SMARTS) is 1. The maximum atomic E-state index is 13.4. The first kappa shape index (κ1) is 15.1. The van der Waals surface area contributed by atoms with E-state index in [1.807, 2.05) is 10.8 Å². The van der Waals surface area contributed by atoms with Crippen molar-refractivity contribution in [1.82, 2.24) is 14.9 Å². The standard InChI is InChI=1S/C17H17F2N3O2/c18-12-2-1-9(4-13(12)19)15-7-22(8-20-15)16-6-10-3-11(16)5-14(10)21-17(23)24/h1-2,4,7-8,10-11,14,16,21H,3,5-6H2,(H,23,24)/t10-,11-,14+,16+/m1/s1. The number of imidazole rings is 1. The Kier molecular flexibility index (Phi) is 3.51. The second kappa shape index (κ2) is 5.58. The summed E-state index contributed by atoms with van der Waals surface area (Å²) in [6, 6.07) is 4.09. The van der Waals surface area contributed by atoms with Crippen molar-refractivity contribution in [2.24, 2.45) is 11.8 Å². The fourth-order valence-corrected chi connectivity index (χ4v) is 4.27. The number of halogens is 2. The number of carbonyl (C=O) groups is 1. The van der Waals surface area contributed by atoms with Crippen LogP contribution in [0.1, 0.15) is 25.3 Å². The van der Waals surface area contributed by atoms with Crippen LogP contribution in [0.2, 0.25) is 0 Å². The molecule has 2 aromatic rings. The molecule has 4 atom stereocenters. The molecule has 1 aromatic heterocycles. The molecule has 1 heterocycles. The number of hydrogen-bond acceptors (Lipinski definition) is 2. The zero-order chi connectivity index (χ0) is 16.8. The van der Waals surface area contributed by atoms with E-state index in [4.69, 9.17) is 5.11 Å². The first-order valence-electron chi connectivity index (χ1n) is 7.99. The number of fused-ring (bicyclic) bond motifs is 2. The van der Waals surface area contributed by atoms with Gasteiger partial charge < -0.3 is 15.0 Å². The summed E-state index contributed by atoms with van der Waals surface area (Å²) in [5.74, 6) is -0.989. The van der Waals surface area contributed by atoms with Crippen LogP contribution in [0.5, 0.6) is 0 Å². The second-order valence-electron chi connectivity index (χ2n) is 6.69. The van der Waals surface area contributed by atoms with Crippen molar-refractivity contribution in [3.63, 3.8) is 0 Å². The van der Waals surface area contributed by atoms with Gasteiger partial charge >= 0.3 is 6.09 Å². The van der Waals surface area contributed by atoms with Crippen molar-refractivity contribution in [3.05, 3.63) is 42.4 Å². The third-order valence-electron chi connectivity index (χ3n) is 5.33. The van der Waals surface area contributed by atoms with Crippen molar-refractivity contribution in [1.29, 1.82) is 0 Å². The van der Waals surface area contributed by atoms with Gasteiger partial charge in [0.05, 0.1) is 12.0 Å². The molecule has 0 spiro atoms. The predicted octanol–water partition coefficient (Wildman–Crippen LogP) is 3.44. The third-order valence-corrected chi connectivity index (χ3v) is 5.33. The number of nitrogens with one attached hydrogen (secondary N) is 1. The molecule has 7 heteroatoms. The smallest absolute Gasteiger partial charge is 0.404 e. The van der Waals surface area contributed by atoms with E-state index >= 15 is 0 Å². The molecule has 1 amide bonds. The average Bonchev–Trinajstić information content (AvgIpc) is 3.23. The van der Waals surface area contributed by atoms with E-state index in [0.717, 1.165) is 31.4 Å². The summed E-state index contributed by atoms with van der Waals surface area (Å²) in [4.78, 5) is 15.1. The van der Waals surface area contributed by atoms with Crippen molar-refractivity contribution < 1.29 is 18.7 Å². The van der Waals surface area contributed by atoms with Crippen molar-refractivity contribution in [2.75, 3.05) is 0 Å². The summed E-state index contributed by atoms with van der Waals surface area (Å²) in [6.45, 7) is 0. The summed E-state index contributed by atoms with van der Waals surface area (Å²) in [7, 11) is 0. The van der Waals surface area contributed by atoms with E-state index in [9.17, 15) is 13.6 Å². The molecule has 0 aliphatic heterocycles. The van der Waals surface area contributed by atoms with E-state index in [2.05, 4.69) is 10.3 Å². The summed E-state index contributed by atoms with van der Waals surface area (Å²) in [6.07, 6.45) is 5.37. The highest BCUT2D eigenvalue weighted by molar-refractivity contribution is 5.65. The van der Waals surface area contributed by atoms with Crippen LogP contribution in [-0.4, -0.2) is 26.8 Å². The highest BCUT2D eigenvalue weighted by Gasteiger charge is 2.47. The molecule has 1 aromatic carbocycles. The molecule has 2 aliphatic rings. The first-order chi connectivity index (χ1) is 11.5. The van der Waals surface area contributed by atoms with Crippen LogP contribution in [0, 0.1) is 23.5 Å². The highest BCUT2D eigenvalue weighted by Crippen LogP contribution is 2.51. The number of hydrogen-bond donors (Lipinski definition) is 2. The number of benzene rings is 1. The number of aromatic nitrogens is 2. The minimum atomic E-state index is -0.965. The van der Waals surface area contributed by atoms with Crippen LogP contribution in [0.15, 0.2) is 30.7 Å². The molecule has 0 radical (unpaired) electrons. The highest BCUT2D eigenvalue weighted by atomic mass is 19.2. The lowest BCUT2D eigenvalue weighted by molar-refractivity contribution is 0.180.